The Kier molecular flexibility index (Phi) is 4.64. The van der Waals surface area contributed by atoms with Crippen molar-refractivity contribution in [1.82, 2.24) is 5.16 Å². The summed E-state index contributed by atoms with van der Waals surface area (Å²) in [4.78, 5) is 27.1. The second-order valence-corrected chi connectivity index (χ2v) is 6.60. The summed E-state index contributed by atoms with van der Waals surface area (Å²) in [6.07, 6.45) is 0. The molecule has 7 heteroatoms. The first-order chi connectivity index (χ1) is 14.0. The van der Waals surface area contributed by atoms with Gasteiger partial charge in [0.25, 0.3) is 5.78 Å². The van der Waals surface area contributed by atoms with Crippen LogP contribution in [-0.4, -0.2) is 29.1 Å². The molecule has 2 heterocycles. The Bertz CT molecular complexity index is 1100. The van der Waals surface area contributed by atoms with E-state index in [2.05, 4.69) is 5.16 Å². The molecule has 0 aliphatic carbocycles. The number of aliphatic hydroxyl groups is 1. The zero-order valence-corrected chi connectivity index (χ0v) is 15.8. The van der Waals surface area contributed by atoms with Crippen LogP contribution < -0.4 is 9.64 Å². The van der Waals surface area contributed by atoms with Crippen molar-refractivity contribution in [1.29, 1.82) is 0 Å². The number of rotatable bonds is 4. The number of ether oxygens (including phenoxy) is 1. The van der Waals surface area contributed by atoms with Crippen molar-refractivity contribution in [2.24, 2.45) is 0 Å². The smallest absolute Gasteiger partial charge is 0.301 e. The van der Waals surface area contributed by atoms with E-state index >= 15 is 0 Å². The number of carbonyl (C=O) groups is 2. The molecule has 1 saturated heterocycles. The first-order valence-corrected chi connectivity index (χ1v) is 8.95. The first kappa shape index (κ1) is 18.5. The molecule has 1 amide bonds. The molecule has 2 aromatic carbocycles. The Morgan fingerprint density at radius 2 is 1.79 bits per heavy atom. The summed E-state index contributed by atoms with van der Waals surface area (Å²) in [6, 6.07) is 16.4. The fraction of sp³-hybridized carbons (Fsp3) is 0.136. The lowest BCUT2D eigenvalue weighted by atomic mass is 9.95. The molecule has 0 unspecified atom stereocenters. The lowest BCUT2D eigenvalue weighted by Crippen LogP contribution is -2.29. The summed E-state index contributed by atoms with van der Waals surface area (Å²) in [5.41, 5.74) is 1.07. The standard InChI is InChI=1S/C22H18N2O5/c1-13-12-17(23-29-13)24-19(14-6-4-3-5-7-14)18(21(26)22(24)27)20(25)15-8-10-16(28-2)11-9-15/h3-12,19,25H,1-2H3/t19-/m1/s1. The van der Waals surface area contributed by atoms with Crippen LogP contribution in [0.3, 0.4) is 0 Å². The van der Waals surface area contributed by atoms with Gasteiger partial charge in [0.2, 0.25) is 0 Å². The number of methoxy groups -OCH3 is 1. The van der Waals surface area contributed by atoms with Gasteiger partial charge in [0.15, 0.2) is 5.82 Å². The number of nitrogens with zero attached hydrogens (tertiary/aromatic N) is 2. The van der Waals surface area contributed by atoms with Crippen LogP contribution in [-0.2, 0) is 9.59 Å². The van der Waals surface area contributed by atoms with Gasteiger partial charge in [-0.15, -0.1) is 0 Å². The Hall–Kier alpha value is -3.87. The largest absolute Gasteiger partial charge is 0.507 e. The number of carbonyl (C=O) groups excluding carboxylic acids is 2. The van der Waals surface area contributed by atoms with E-state index in [0.29, 0.717) is 22.6 Å². The van der Waals surface area contributed by atoms with E-state index in [4.69, 9.17) is 9.26 Å². The molecule has 0 bridgehead atoms. The minimum Gasteiger partial charge on any atom is -0.507 e. The number of benzene rings is 2. The van der Waals surface area contributed by atoms with Gasteiger partial charge in [-0.25, -0.2) is 0 Å². The van der Waals surface area contributed by atoms with Crippen molar-refractivity contribution in [3.8, 4) is 5.75 Å². The molecule has 29 heavy (non-hydrogen) atoms. The van der Waals surface area contributed by atoms with Gasteiger partial charge in [0.1, 0.15) is 17.3 Å². The van der Waals surface area contributed by atoms with E-state index in [1.54, 1.807) is 61.5 Å². The zero-order chi connectivity index (χ0) is 20.5. The van der Waals surface area contributed by atoms with Gasteiger partial charge in [-0.3, -0.25) is 14.5 Å². The van der Waals surface area contributed by atoms with Gasteiger partial charge in [0.05, 0.1) is 18.7 Å². The number of amides is 1. The zero-order valence-electron chi connectivity index (χ0n) is 15.8. The Balaban J connectivity index is 1.90. The van der Waals surface area contributed by atoms with Crippen molar-refractivity contribution in [2.75, 3.05) is 12.0 Å². The van der Waals surface area contributed by atoms with Crippen LogP contribution in [0.15, 0.2) is 70.8 Å². The summed E-state index contributed by atoms with van der Waals surface area (Å²) in [7, 11) is 1.54. The Morgan fingerprint density at radius 1 is 1.10 bits per heavy atom. The number of hydrogen-bond donors (Lipinski definition) is 1. The van der Waals surface area contributed by atoms with Gasteiger partial charge in [-0.05, 0) is 36.8 Å². The van der Waals surface area contributed by atoms with Crippen molar-refractivity contribution in [2.45, 2.75) is 13.0 Å². The first-order valence-electron chi connectivity index (χ1n) is 8.95. The molecule has 1 atom stereocenters. The third kappa shape index (κ3) is 3.16. The minimum atomic E-state index is -0.831. The molecular weight excluding hydrogens is 372 g/mol. The number of Topliss-reactive ketones (excluding diaryl/α,β-unsaturated/α-hetero) is 1. The molecule has 3 aromatic rings. The molecule has 0 spiro atoms. The summed E-state index contributed by atoms with van der Waals surface area (Å²) in [5, 5.41) is 14.9. The van der Waals surface area contributed by atoms with Gasteiger partial charge in [-0.1, -0.05) is 35.5 Å². The molecule has 4 rings (SSSR count). The highest BCUT2D eigenvalue weighted by molar-refractivity contribution is 6.51. The van der Waals surface area contributed by atoms with Gasteiger partial charge in [-0.2, -0.15) is 0 Å². The van der Waals surface area contributed by atoms with E-state index in [-0.39, 0.29) is 17.2 Å². The third-order valence-corrected chi connectivity index (χ3v) is 4.79. The van der Waals surface area contributed by atoms with E-state index < -0.39 is 17.7 Å². The second kappa shape index (κ2) is 7.27. The molecule has 0 radical (unpaired) electrons. The maximum atomic E-state index is 12.9. The van der Waals surface area contributed by atoms with Gasteiger partial charge < -0.3 is 14.4 Å². The van der Waals surface area contributed by atoms with Crippen LogP contribution in [0.2, 0.25) is 0 Å². The predicted octanol–water partition coefficient (Wildman–Crippen LogP) is 3.62. The molecule has 7 nitrogen and oxygen atoms in total. The number of anilines is 1. The van der Waals surface area contributed by atoms with Crippen LogP contribution in [0, 0.1) is 6.92 Å². The van der Waals surface area contributed by atoms with Crippen LogP contribution >= 0.6 is 0 Å². The fourth-order valence-electron chi connectivity index (χ4n) is 3.39. The topological polar surface area (TPSA) is 92.9 Å². The molecule has 0 saturated carbocycles. The average Bonchev–Trinajstić information content (AvgIpc) is 3.29. The SMILES string of the molecule is COc1ccc(C(O)=C2C(=O)C(=O)N(c3cc(C)on3)[C@@H]2c2ccccc2)cc1. The highest BCUT2D eigenvalue weighted by atomic mass is 16.5. The Morgan fingerprint density at radius 3 is 2.38 bits per heavy atom. The van der Waals surface area contributed by atoms with E-state index in [1.165, 1.54) is 12.0 Å². The maximum Gasteiger partial charge on any atom is 0.301 e. The van der Waals surface area contributed by atoms with E-state index in [1.807, 2.05) is 6.07 Å². The maximum absolute atomic E-state index is 12.9. The van der Waals surface area contributed by atoms with Crippen molar-refractivity contribution >= 4 is 23.3 Å². The van der Waals surface area contributed by atoms with Crippen LogP contribution in [0.1, 0.15) is 22.9 Å². The highest BCUT2D eigenvalue weighted by Gasteiger charge is 2.48. The van der Waals surface area contributed by atoms with E-state index in [0.717, 1.165) is 0 Å². The number of aromatic nitrogens is 1. The normalized spacial score (nSPS) is 18.3. The average molecular weight is 390 g/mol. The summed E-state index contributed by atoms with van der Waals surface area (Å²) in [6.45, 7) is 1.70. The van der Waals surface area contributed by atoms with Crippen LogP contribution in [0.5, 0.6) is 5.75 Å². The fourth-order valence-corrected chi connectivity index (χ4v) is 3.39. The Labute approximate surface area is 166 Å². The lowest BCUT2D eigenvalue weighted by molar-refractivity contribution is -0.132. The van der Waals surface area contributed by atoms with Gasteiger partial charge in [0, 0.05) is 11.6 Å². The third-order valence-electron chi connectivity index (χ3n) is 4.79. The minimum absolute atomic E-state index is 0.00739. The van der Waals surface area contributed by atoms with Crippen LogP contribution in [0.25, 0.3) is 5.76 Å². The quantitative estimate of drug-likeness (QED) is 0.416. The summed E-state index contributed by atoms with van der Waals surface area (Å²) >= 11 is 0. The van der Waals surface area contributed by atoms with Crippen molar-refractivity contribution in [3.05, 3.63) is 83.1 Å². The highest BCUT2D eigenvalue weighted by Crippen LogP contribution is 2.41. The number of aryl methyl sites for hydroxylation is 1. The summed E-state index contributed by atoms with van der Waals surface area (Å²) in [5.74, 6) is -0.492. The monoisotopic (exact) mass is 390 g/mol. The van der Waals surface area contributed by atoms with Gasteiger partial charge >= 0.3 is 5.91 Å². The predicted molar refractivity (Wildman–Crippen MR) is 105 cm³/mol. The lowest BCUT2D eigenvalue weighted by Gasteiger charge is -2.22. The molecule has 1 N–H and O–H groups in total. The summed E-state index contributed by atoms with van der Waals surface area (Å²) < 4.78 is 10.2. The van der Waals surface area contributed by atoms with Crippen molar-refractivity contribution in [3.63, 3.8) is 0 Å². The molecule has 1 aliphatic rings. The number of ketones is 1. The molecule has 1 aliphatic heterocycles. The van der Waals surface area contributed by atoms with Crippen LogP contribution in [0.4, 0.5) is 5.82 Å². The molecule has 1 fully saturated rings. The molecule has 146 valence electrons. The number of aliphatic hydroxyl groups excluding tert-OH is 1. The van der Waals surface area contributed by atoms with E-state index in [9.17, 15) is 14.7 Å². The molecule has 1 aromatic heterocycles. The molecular formula is C22H18N2O5. The number of hydrogen-bond acceptors (Lipinski definition) is 6. The van der Waals surface area contributed by atoms with Crippen molar-refractivity contribution < 1.29 is 24.0 Å². The second-order valence-electron chi connectivity index (χ2n) is 6.60.